The van der Waals surface area contributed by atoms with E-state index >= 15 is 0 Å². The molecular formula is C18H19N3O2. The Labute approximate surface area is 135 Å². The summed E-state index contributed by atoms with van der Waals surface area (Å²) in [5.41, 5.74) is 11.2. The quantitative estimate of drug-likeness (QED) is 0.815. The van der Waals surface area contributed by atoms with Gasteiger partial charge in [-0.05, 0) is 60.7 Å². The van der Waals surface area contributed by atoms with Gasteiger partial charge in [0.05, 0.1) is 6.04 Å². The van der Waals surface area contributed by atoms with Gasteiger partial charge >= 0.3 is 0 Å². The SMILES string of the molecule is Cc1cc(C2N=NC(C)Cc3cc4c(cc32)OCO4)ccc1N. The third-order valence-electron chi connectivity index (χ3n) is 4.43. The Bertz CT molecular complexity index is 801. The Hall–Kier alpha value is -2.56. The van der Waals surface area contributed by atoms with Crippen LogP contribution in [0.1, 0.15) is 35.2 Å². The Morgan fingerprint density at radius 1 is 1.09 bits per heavy atom. The molecule has 0 radical (unpaired) electrons. The zero-order chi connectivity index (χ0) is 16.0. The molecule has 0 aromatic heterocycles. The second-order valence-electron chi connectivity index (χ2n) is 6.21. The first-order chi connectivity index (χ1) is 11.1. The van der Waals surface area contributed by atoms with E-state index in [0.29, 0.717) is 0 Å². The maximum atomic E-state index is 5.95. The van der Waals surface area contributed by atoms with E-state index in [4.69, 9.17) is 15.2 Å². The molecular weight excluding hydrogens is 290 g/mol. The summed E-state index contributed by atoms with van der Waals surface area (Å²) in [4.78, 5) is 0. The van der Waals surface area contributed by atoms with Crippen LogP contribution >= 0.6 is 0 Å². The highest BCUT2D eigenvalue weighted by molar-refractivity contribution is 5.54. The summed E-state index contributed by atoms with van der Waals surface area (Å²) in [5, 5.41) is 9.06. The summed E-state index contributed by atoms with van der Waals surface area (Å²) in [7, 11) is 0. The molecule has 2 aromatic rings. The number of benzene rings is 2. The molecule has 2 atom stereocenters. The van der Waals surface area contributed by atoms with Crippen LogP contribution in [-0.4, -0.2) is 12.8 Å². The maximum absolute atomic E-state index is 5.95. The lowest BCUT2D eigenvalue weighted by molar-refractivity contribution is 0.174. The molecule has 2 aliphatic heterocycles. The Morgan fingerprint density at radius 3 is 2.65 bits per heavy atom. The molecule has 0 saturated carbocycles. The second-order valence-corrected chi connectivity index (χ2v) is 6.21. The first kappa shape index (κ1) is 14.1. The normalized spacial score (nSPS) is 21.8. The van der Waals surface area contributed by atoms with E-state index in [0.717, 1.165) is 40.3 Å². The van der Waals surface area contributed by atoms with Crippen LogP contribution < -0.4 is 15.2 Å². The van der Waals surface area contributed by atoms with Gasteiger partial charge in [-0.25, -0.2) is 0 Å². The van der Waals surface area contributed by atoms with E-state index in [9.17, 15) is 0 Å². The number of rotatable bonds is 1. The Balaban J connectivity index is 1.86. The number of hydrogen-bond donors (Lipinski definition) is 1. The zero-order valence-electron chi connectivity index (χ0n) is 13.2. The van der Waals surface area contributed by atoms with Crippen LogP contribution in [0.3, 0.4) is 0 Å². The highest BCUT2D eigenvalue weighted by Crippen LogP contribution is 2.41. The van der Waals surface area contributed by atoms with Crippen molar-refractivity contribution in [3.05, 3.63) is 52.6 Å². The van der Waals surface area contributed by atoms with Crippen LogP contribution in [0.25, 0.3) is 0 Å². The van der Waals surface area contributed by atoms with Gasteiger partial charge in [0.15, 0.2) is 11.5 Å². The van der Waals surface area contributed by atoms with Crippen molar-refractivity contribution in [2.24, 2.45) is 10.2 Å². The summed E-state index contributed by atoms with van der Waals surface area (Å²) >= 11 is 0. The first-order valence-electron chi connectivity index (χ1n) is 7.80. The highest BCUT2D eigenvalue weighted by Gasteiger charge is 2.26. The fourth-order valence-corrected chi connectivity index (χ4v) is 3.15. The molecule has 2 unspecified atom stereocenters. The molecule has 0 spiro atoms. The standard InChI is InChI=1S/C18H19N3O2/c1-10-5-12(3-4-15(10)19)18-14-8-17-16(22-9-23-17)7-13(14)6-11(2)20-21-18/h3-5,7-8,11,18H,6,9,19H2,1-2H3. The number of ether oxygens (including phenoxy) is 2. The van der Waals surface area contributed by atoms with Gasteiger partial charge in [0.1, 0.15) is 6.04 Å². The molecule has 0 aliphatic carbocycles. The third kappa shape index (κ3) is 2.42. The van der Waals surface area contributed by atoms with Crippen LogP contribution in [0.2, 0.25) is 0 Å². The summed E-state index contributed by atoms with van der Waals surface area (Å²) in [6.45, 7) is 4.37. The van der Waals surface area contributed by atoms with Crippen molar-refractivity contribution in [2.75, 3.05) is 12.5 Å². The monoisotopic (exact) mass is 309 g/mol. The number of nitrogens with two attached hydrogens (primary N) is 1. The lowest BCUT2D eigenvalue weighted by Crippen LogP contribution is -2.04. The average molecular weight is 309 g/mol. The number of azo groups is 1. The molecule has 5 heteroatoms. The van der Waals surface area contributed by atoms with Crippen LogP contribution in [0.5, 0.6) is 11.5 Å². The van der Waals surface area contributed by atoms with Gasteiger partial charge in [0.25, 0.3) is 0 Å². The summed E-state index contributed by atoms with van der Waals surface area (Å²) in [5.74, 6) is 1.59. The molecule has 0 fully saturated rings. The summed E-state index contributed by atoms with van der Waals surface area (Å²) < 4.78 is 11.1. The van der Waals surface area contributed by atoms with Crippen molar-refractivity contribution in [1.29, 1.82) is 0 Å². The zero-order valence-corrected chi connectivity index (χ0v) is 13.2. The average Bonchev–Trinajstić information content (AvgIpc) is 2.91. The van der Waals surface area contributed by atoms with Crippen molar-refractivity contribution >= 4 is 5.69 Å². The van der Waals surface area contributed by atoms with Crippen LogP contribution in [0, 0.1) is 6.92 Å². The van der Waals surface area contributed by atoms with E-state index in [1.807, 2.05) is 25.1 Å². The van der Waals surface area contributed by atoms with Crippen molar-refractivity contribution in [3.8, 4) is 11.5 Å². The molecule has 4 rings (SSSR count). The molecule has 0 saturated heterocycles. The Kier molecular flexibility index (Phi) is 3.22. The molecule has 0 bridgehead atoms. The third-order valence-corrected chi connectivity index (χ3v) is 4.43. The summed E-state index contributed by atoms with van der Waals surface area (Å²) in [6, 6.07) is 10.2. The van der Waals surface area contributed by atoms with Gasteiger partial charge in [0, 0.05) is 5.69 Å². The van der Waals surface area contributed by atoms with Gasteiger partial charge in [-0.1, -0.05) is 12.1 Å². The number of nitrogens with zero attached hydrogens (tertiary/aromatic N) is 2. The molecule has 2 heterocycles. The lowest BCUT2D eigenvalue weighted by Gasteiger charge is -2.16. The maximum Gasteiger partial charge on any atom is 0.231 e. The first-order valence-corrected chi connectivity index (χ1v) is 7.80. The number of fused-ring (bicyclic) bond motifs is 2. The molecule has 118 valence electrons. The van der Waals surface area contributed by atoms with Gasteiger partial charge in [0.2, 0.25) is 6.79 Å². The van der Waals surface area contributed by atoms with Crippen molar-refractivity contribution in [3.63, 3.8) is 0 Å². The van der Waals surface area contributed by atoms with Crippen LogP contribution in [-0.2, 0) is 6.42 Å². The van der Waals surface area contributed by atoms with Gasteiger partial charge in [-0.3, -0.25) is 0 Å². The van der Waals surface area contributed by atoms with Crippen molar-refractivity contribution in [2.45, 2.75) is 32.4 Å². The number of aryl methyl sites for hydroxylation is 1. The molecule has 0 amide bonds. The molecule has 2 N–H and O–H groups in total. The molecule has 23 heavy (non-hydrogen) atoms. The van der Waals surface area contributed by atoms with Crippen LogP contribution in [0.15, 0.2) is 40.6 Å². The number of nitrogen functional groups attached to an aromatic ring is 1. The van der Waals surface area contributed by atoms with Gasteiger partial charge in [-0.15, -0.1) is 0 Å². The fourth-order valence-electron chi connectivity index (χ4n) is 3.15. The topological polar surface area (TPSA) is 69.2 Å². The van der Waals surface area contributed by atoms with Crippen molar-refractivity contribution in [1.82, 2.24) is 0 Å². The Morgan fingerprint density at radius 2 is 1.87 bits per heavy atom. The smallest absolute Gasteiger partial charge is 0.231 e. The molecule has 5 nitrogen and oxygen atoms in total. The molecule has 2 aromatic carbocycles. The fraction of sp³-hybridized carbons (Fsp3) is 0.333. The minimum atomic E-state index is -0.135. The minimum absolute atomic E-state index is 0.135. The van der Waals surface area contributed by atoms with E-state index in [2.05, 4.69) is 29.3 Å². The number of anilines is 1. The predicted octanol–water partition coefficient (Wildman–Crippen LogP) is 3.79. The van der Waals surface area contributed by atoms with Crippen molar-refractivity contribution < 1.29 is 9.47 Å². The lowest BCUT2D eigenvalue weighted by atomic mass is 9.91. The van der Waals surface area contributed by atoms with E-state index in [1.165, 1.54) is 5.56 Å². The predicted molar refractivity (Wildman–Crippen MR) is 88.0 cm³/mol. The summed E-state index contributed by atoms with van der Waals surface area (Å²) in [6.07, 6.45) is 0.847. The van der Waals surface area contributed by atoms with E-state index < -0.39 is 0 Å². The van der Waals surface area contributed by atoms with Gasteiger partial charge < -0.3 is 15.2 Å². The van der Waals surface area contributed by atoms with Crippen LogP contribution in [0.4, 0.5) is 5.69 Å². The number of hydrogen-bond acceptors (Lipinski definition) is 5. The second kappa shape index (κ2) is 5.26. The van der Waals surface area contributed by atoms with E-state index in [1.54, 1.807) is 0 Å². The van der Waals surface area contributed by atoms with Gasteiger partial charge in [-0.2, -0.15) is 10.2 Å². The van der Waals surface area contributed by atoms with E-state index in [-0.39, 0.29) is 18.9 Å². The molecule has 2 aliphatic rings. The largest absolute Gasteiger partial charge is 0.454 e. The minimum Gasteiger partial charge on any atom is -0.454 e. The highest BCUT2D eigenvalue weighted by atomic mass is 16.7.